The van der Waals surface area contributed by atoms with Gasteiger partial charge in [-0.3, -0.25) is 9.59 Å². The second kappa shape index (κ2) is 3.44. The van der Waals surface area contributed by atoms with E-state index in [1.807, 2.05) is 0 Å². The van der Waals surface area contributed by atoms with Gasteiger partial charge in [0.05, 0.1) is 6.61 Å². The first kappa shape index (κ1) is 8.14. The molecule has 0 aliphatic carbocycles. The van der Waals surface area contributed by atoms with Crippen molar-refractivity contribution in [2.75, 3.05) is 6.61 Å². The van der Waals surface area contributed by atoms with Crippen LogP contribution in [0.5, 0.6) is 0 Å². The van der Waals surface area contributed by atoms with Crippen LogP contribution in [0.4, 0.5) is 0 Å². The number of rotatable bonds is 3. The predicted octanol–water partition coefficient (Wildman–Crippen LogP) is 0.346. The van der Waals surface area contributed by atoms with Crippen LogP contribution in [-0.4, -0.2) is 24.8 Å². The lowest BCUT2D eigenvalue weighted by Crippen LogP contribution is -2.20. The van der Waals surface area contributed by atoms with E-state index in [4.69, 9.17) is 4.74 Å². The second-order valence-corrected chi connectivity index (χ2v) is 2.57. The molecule has 0 N–H and O–H groups in total. The number of hydrogen-bond acceptors (Lipinski definition) is 3. The summed E-state index contributed by atoms with van der Waals surface area (Å²) >= 11 is 0. The summed E-state index contributed by atoms with van der Waals surface area (Å²) in [6, 6.07) is 0. The van der Waals surface area contributed by atoms with Crippen molar-refractivity contribution in [1.82, 2.24) is 0 Å². The van der Waals surface area contributed by atoms with Crippen LogP contribution in [-0.2, 0) is 14.3 Å². The van der Waals surface area contributed by atoms with Crippen molar-refractivity contribution in [1.29, 1.82) is 0 Å². The van der Waals surface area contributed by atoms with Crippen molar-refractivity contribution < 1.29 is 14.3 Å². The van der Waals surface area contributed by atoms with E-state index in [-0.39, 0.29) is 5.92 Å². The summed E-state index contributed by atoms with van der Waals surface area (Å²) in [7, 11) is 0. The van der Waals surface area contributed by atoms with E-state index < -0.39 is 11.9 Å². The highest BCUT2D eigenvalue weighted by molar-refractivity contribution is 6.27. The number of ether oxygens (including phenoxy) is 1. The Balaban J connectivity index is 2.47. The molecule has 0 amide bonds. The monoisotopic (exact) mass is 154 g/mol. The Kier molecular flexibility index (Phi) is 2.54. The summed E-state index contributed by atoms with van der Waals surface area (Å²) in [5.41, 5.74) is 0. The van der Waals surface area contributed by atoms with E-state index in [9.17, 15) is 9.59 Å². The zero-order valence-electron chi connectivity index (χ0n) is 6.16. The van der Waals surface area contributed by atoms with E-state index >= 15 is 0 Å². The highest BCUT2D eigenvalue weighted by atomic mass is 16.5. The van der Waals surface area contributed by atoms with E-state index in [0.717, 1.165) is 0 Å². The molecule has 2 unspecified atom stereocenters. The molecule has 3 nitrogen and oxygen atoms in total. The van der Waals surface area contributed by atoms with E-state index in [1.165, 1.54) is 0 Å². The minimum Gasteiger partial charge on any atom is -0.369 e. The maximum absolute atomic E-state index is 10.7. The summed E-state index contributed by atoms with van der Waals surface area (Å²) in [4.78, 5) is 20.8. The van der Waals surface area contributed by atoms with Gasteiger partial charge in [-0.2, -0.15) is 0 Å². The maximum Gasteiger partial charge on any atom is 0.223 e. The average molecular weight is 154 g/mol. The number of aldehydes is 1. The Morgan fingerprint density at radius 1 is 1.64 bits per heavy atom. The van der Waals surface area contributed by atoms with Crippen LogP contribution < -0.4 is 0 Å². The third-order valence-corrected chi connectivity index (χ3v) is 1.80. The van der Waals surface area contributed by atoms with Gasteiger partial charge in [0.1, 0.15) is 6.10 Å². The first-order chi connectivity index (χ1) is 5.27. The van der Waals surface area contributed by atoms with Crippen molar-refractivity contribution >= 4 is 12.1 Å². The van der Waals surface area contributed by atoms with Crippen LogP contribution in [0.15, 0.2) is 12.7 Å². The summed E-state index contributed by atoms with van der Waals surface area (Å²) in [5.74, 6) is -0.238. The van der Waals surface area contributed by atoms with Crippen LogP contribution in [0.3, 0.4) is 0 Å². The zero-order valence-corrected chi connectivity index (χ0v) is 6.16. The van der Waals surface area contributed by atoms with Gasteiger partial charge in [0, 0.05) is 5.92 Å². The lowest BCUT2D eigenvalue weighted by atomic mass is 10.0. The van der Waals surface area contributed by atoms with Crippen LogP contribution >= 0.6 is 0 Å². The summed E-state index contributed by atoms with van der Waals surface area (Å²) in [6.07, 6.45) is 2.14. The van der Waals surface area contributed by atoms with E-state index in [1.54, 1.807) is 6.08 Å². The van der Waals surface area contributed by atoms with Crippen LogP contribution in [0.2, 0.25) is 0 Å². The standard InChI is InChI=1S/C8H10O3/c1-2-6-3-8(11-5-6)7(10)4-9/h2,4,6,8H,1,3,5H2. The van der Waals surface area contributed by atoms with Gasteiger partial charge in [-0.25, -0.2) is 0 Å². The first-order valence-electron chi connectivity index (χ1n) is 3.51. The van der Waals surface area contributed by atoms with Gasteiger partial charge in [-0.05, 0) is 6.42 Å². The first-order valence-corrected chi connectivity index (χ1v) is 3.51. The fraction of sp³-hybridized carbons (Fsp3) is 0.500. The smallest absolute Gasteiger partial charge is 0.223 e. The zero-order chi connectivity index (χ0) is 8.27. The van der Waals surface area contributed by atoms with Crippen molar-refractivity contribution in [2.24, 2.45) is 5.92 Å². The van der Waals surface area contributed by atoms with Crippen LogP contribution in [0.1, 0.15) is 6.42 Å². The number of carbonyl (C=O) groups is 2. The van der Waals surface area contributed by atoms with Crippen LogP contribution in [0, 0.1) is 5.92 Å². The third-order valence-electron chi connectivity index (χ3n) is 1.80. The molecule has 0 radical (unpaired) electrons. The SMILES string of the molecule is C=CC1COC(C(=O)C=O)C1. The Morgan fingerprint density at radius 2 is 2.36 bits per heavy atom. The Labute approximate surface area is 65.0 Å². The van der Waals surface area contributed by atoms with Gasteiger partial charge >= 0.3 is 0 Å². The van der Waals surface area contributed by atoms with Crippen molar-refractivity contribution in [3.8, 4) is 0 Å². The lowest BCUT2D eigenvalue weighted by molar-refractivity contribution is -0.136. The molecule has 1 fully saturated rings. The van der Waals surface area contributed by atoms with Gasteiger partial charge in [-0.15, -0.1) is 6.58 Å². The Morgan fingerprint density at radius 3 is 2.82 bits per heavy atom. The van der Waals surface area contributed by atoms with Gasteiger partial charge in [0.2, 0.25) is 5.78 Å². The molecule has 1 rings (SSSR count). The summed E-state index contributed by atoms with van der Waals surface area (Å²) in [5, 5.41) is 0. The minimum absolute atomic E-state index is 0.226. The predicted molar refractivity (Wildman–Crippen MR) is 39.1 cm³/mol. The highest BCUT2D eigenvalue weighted by Crippen LogP contribution is 2.20. The molecule has 11 heavy (non-hydrogen) atoms. The fourth-order valence-corrected chi connectivity index (χ4v) is 1.09. The molecule has 60 valence electrons. The van der Waals surface area contributed by atoms with Gasteiger partial charge in [0.25, 0.3) is 0 Å². The Hall–Kier alpha value is -0.960. The average Bonchev–Trinajstić information content (AvgIpc) is 2.50. The third kappa shape index (κ3) is 1.74. The van der Waals surface area contributed by atoms with Gasteiger partial charge in [-0.1, -0.05) is 6.08 Å². The molecule has 0 spiro atoms. The quantitative estimate of drug-likeness (QED) is 0.334. The molecular weight excluding hydrogens is 144 g/mol. The molecule has 2 atom stereocenters. The second-order valence-electron chi connectivity index (χ2n) is 2.57. The molecule has 0 saturated carbocycles. The maximum atomic E-state index is 10.7. The fourth-order valence-electron chi connectivity index (χ4n) is 1.09. The molecule has 0 bridgehead atoms. The largest absolute Gasteiger partial charge is 0.369 e. The van der Waals surface area contributed by atoms with Crippen molar-refractivity contribution in [3.05, 3.63) is 12.7 Å². The normalized spacial score (nSPS) is 29.8. The highest BCUT2D eigenvalue weighted by Gasteiger charge is 2.28. The van der Waals surface area contributed by atoms with Crippen molar-refractivity contribution in [2.45, 2.75) is 12.5 Å². The van der Waals surface area contributed by atoms with E-state index in [0.29, 0.717) is 19.3 Å². The topological polar surface area (TPSA) is 43.4 Å². The molecule has 1 aliphatic heterocycles. The van der Waals surface area contributed by atoms with Gasteiger partial charge in [0.15, 0.2) is 6.29 Å². The molecule has 1 saturated heterocycles. The molecule has 0 aromatic rings. The molecule has 0 aromatic heterocycles. The molecule has 1 aliphatic rings. The van der Waals surface area contributed by atoms with Gasteiger partial charge < -0.3 is 4.74 Å². The molecule has 3 heteroatoms. The Bertz CT molecular complexity index is 186. The number of ketones is 1. The summed E-state index contributed by atoms with van der Waals surface area (Å²) < 4.78 is 5.06. The number of hydrogen-bond donors (Lipinski definition) is 0. The van der Waals surface area contributed by atoms with E-state index in [2.05, 4.69) is 6.58 Å². The summed E-state index contributed by atoms with van der Waals surface area (Å²) in [6.45, 7) is 4.09. The van der Waals surface area contributed by atoms with Crippen LogP contribution in [0.25, 0.3) is 0 Å². The lowest BCUT2D eigenvalue weighted by Gasteiger charge is -2.00. The number of Topliss-reactive ketones (excluding diaryl/α,β-unsaturated/α-hetero) is 1. The molecule has 0 aromatic carbocycles. The molecule has 1 heterocycles. The molecular formula is C8H10O3. The van der Waals surface area contributed by atoms with Crippen molar-refractivity contribution in [3.63, 3.8) is 0 Å². The number of carbonyl (C=O) groups excluding carboxylic acids is 2. The minimum atomic E-state index is -0.518.